The summed E-state index contributed by atoms with van der Waals surface area (Å²) in [6.45, 7) is 6.82. The molecular weight excluding hydrogens is 240 g/mol. The summed E-state index contributed by atoms with van der Waals surface area (Å²) in [5.41, 5.74) is 1.07. The van der Waals surface area contributed by atoms with Crippen LogP contribution in [-0.2, 0) is 4.79 Å². The Kier molecular flexibility index (Phi) is 5.83. The summed E-state index contributed by atoms with van der Waals surface area (Å²) in [6.07, 6.45) is -0.482. The van der Waals surface area contributed by atoms with Crippen LogP contribution < -0.4 is 10.1 Å². The van der Waals surface area contributed by atoms with Gasteiger partial charge < -0.3 is 15.0 Å². The first-order chi connectivity index (χ1) is 8.97. The van der Waals surface area contributed by atoms with Crippen LogP contribution in [0.2, 0.25) is 0 Å². The van der Waals surface area contributed by atoms with Crippen LogP contribution in [0.25, 0.3) is 0 Å². The SMILES string of the molecule is CCNC(C)c1ccccc1OC(C)C(=O)N(C)C. The number of hydrogen-bond donors (Lipinski definition) is 1. The maximum Gasteiger partial charge on any atom is 0.262 e. The standard InChI is InChI=1S/C15H24N2O2/c1-6-16-11(2)13-9-7-8-10-14(13)19-12(3)15(18)17(4)5/h7-12,16H,6H2,1-5H3. The summed E-state index contributed by atoms with van der Waals surface area (Å²) in [5.74, 6) is 0.726. The molecule has 1 aromatic rings. The molecule has 0 aromatic heterocycles. The van der Waals surface area contributed by atoms with Gasteiger partial charge in [-0.1, -0.05) is 25.1 Å². The number of rotatable bonds is 6. The van der Waals surface area contributed by atoms with E-state index < -0.39 is 6.10 Å². The Morgan fingerprint density at radius 2 is 1.95 bits per heavy atom. The summed E-state index contributed by atoms with van der Waals surface area (Å²) in [6, 6.07) is 8.03. The molecule has 1 amide bonds. The normalized spacial score (nSPS) is 13.7. The van der Waals surface area contributed by atoms with Gasteiger partial charge in [0, 0.05) is 25.7 Å². The van der Waals surface area contributed by atoms with E-state index in [1.54, 1.807) is 25.9 Å². The zero-order valence-electron chi connectivity index (χ0n) is 12.4. The molecule has 0 radical (unpaired) electrons. The Hall–Kier alpha value is -1.55. The molecule has 1 aromatic carbocycles. The number of amides is 1. The van der Waals surface area contributed by atoms with E-state index in [-0.39, 0.29) is 11.9 Å². The fraction of sp³-hybridized carbons (Fsp3) is 0.533. The first-order valence-corrected chi connectivity index (χ1v) is 6.67. The number of likely N-dealkylation sites (N-methyl/N-ethyl adjacent to an activating group) is 1. The van der Waals surface area contributed by atoms with Crippen molar-refractivity contribution >= 4 is 5.91 Å². The molecule has 0 bridgehead atoms. The zero-order valence-corrected chi connectivity index (χ0v) is 12.4. The van der Waals surface area contributed by atoms with Crippen LogP contribution in [0.1, 0.15) is 32.4 Å². The van der Waals surface area contributed by atoms with E-state index in [1.807, 2.05) is 24.3 Å². The summed E-state index contributed by atoms with van der Waals surface area (Å²) in [5, 5.41) is 3.35. The number of benzene rings is 1. The van der Waals surface area contributed by atoms with Gasteiger partial charge in [-0.25, -0.2) is 0 Å². The molecule has 2 unspecified atom stereocenters. The highest BCUT2D eigenvalue weighted by Crippen LogP contribution is 2.25. The van der Waals surface area contributed by atoms with Crippen LogP contribution in [0.5, 0.6) is 5.75 Å². The molecule has 4 heteroatoms. The van der Waals surface area contributed by atoms with E-state index in [1.165, 1.54) is 0 Å². The van der Waals surface area contributed by atoms with Crippen molar-refractivity contribution in [2.75, 3.05) is 20.6 Å². The van der Waals surface area contributed by atoms with Crippen molar-refractivity contribution in [1.82, 2.24) is 10.2 Å². The second-order valence-corrected chi connectivity index (χ2v) is 4.81. The summed E-state index contributed by atoms with van der Waals surface area (Å²) < 4.78 is 5.80. The third kappa shape index (κ3) is 4.24. The van der Waals surface area contributed by atoms with Gasteiger partial charge in [0.05, 0.1) is 0 Å². The average molecular weight is 264 g/mol. The summed E-state index contributed by atoms with van der Waals surface area (Å²) in [7, 11) is 3.46. The van der Waals surface area contributed by atoms with Crippen LogP contribution >= 0.6 is 0 Å². The molecular formula is C15H24N2O2. The van der Waals surface area contributed by atoms with Gasteiger partial charge in [0.1, 0.15) is 5.75 Å². The molecule has 2 atom stereocenters. The lowest BCUT2D eigenvalue weighted by Gasteiger charge is -2.22. The highest BCUT2D eigenvalue weighted by molar-refractivity contribution is 5.80. The van der Waals surface area contributed by atoms with Crippen molar-refractivity contribution in [3.8, 4) is 5.75 Å². The molecule has 0 aliphatic carbocycles. The lowest BCUT2D eigenvalue weighted by atomic mass is 10.1. The van der Waals surface area contributed by atoms with Crippen molar-refractivity contribution in [3.05, 3.63) is 29.8 Å². The highest BCUT2D eigenvalue weighted by Gasteiger charge is 2.19. The predicted molar refractivity (Wildman–Crippen MR) is 77.3 cm³/mol. The van der Waals surface area contributed by atoms with Crippen molar-refractivity contribution in [1.29, 1.82) is 0 Å². The molecule has 1 N–H and O–H groups in total. The van der Waals surface area contributed by atoms with Gasteiger partial charge >= 0.3 is 0 Å². The van der Waals surface area contributed by atoms with Gasteiger partial charge in [-0.05, 0) is 26.5 Å². The number of hydrogen-bond acceptors (Lipinski definition) is 3. The Morgan fingerprint density at radius 1 is 1.32 bits per heavy atom. The number of para-hydroxylation sites is 1. The van der Waals surface area contributed by atoms with Crippen molar-refractivity contribution in [2.24, 2.45) is 0 Å². The van der Waals surface area contributed by atoms with E-state index in [0.717, 1.165) is 17.9 Å². The topological polar surface area (TPSA) is 41.6 Å². The Bertz CT molecular complexity index is 418. The minimum atomic E-state index is -0.482. The Balaban J connectivity index is 2.86. The molecule has 1 rings (SSSR count). The third-order valence-corrected chi connectivity index (χ3v) is 2.99. The largest absolute Gasteiger partial charge is 0.481 e. The number of ether oxygens (including phenoxy) is 1. The fourth-order valence-corrected chi connectivity index (χ4v) is 1.97. The fourth-order valence-electron chi connectivity index (χ4n) is 1.97. The smallest absolute Gasteiger partial charge is 0.262 e. The van der Waals surface area contributed by atoms with Crippen LogP contribution in [-0.4, -0.2) is 37.6 Å². The van der Waals surface area contributed by atoms with Gasteiger partial charge in [0.2, 0.25) is 0 Å². The number of carbonyl (C=O) groups excluding carboxylic acids is 1. The highest BCUT2D eigenvalue weighted by atomic mass is 16.5. The first kappa shape index (κ1) is 15.5. The van der Waals surface area contributed by atoms with E-state index in [2.05, 4.69) is 19.2 Å². The molecule has 0 saturated heterocycles. The van der Waals surface area contributed by atoms with Crippen molar-refractivity contribution in [3.63, 3.8) is 0 Å². The van der Waals surface area contributed by atoms with Gasteiger partial charge in [0.25, 0.3) is 5.91 Å². The van der Waals surface area contributed by atoms with Crippen LogP contribution in [0, 0.1) is 0 Å². The number of nitrogens with zero attached hydrogens (tertiary/aromatic N) is 1. The molecule has 0 heterocycles. The van der Waals surface area contributed by atoms with Crippen molar-refractivity contribution in [2.45, 2.75) is 32.9 Å². The second-order valence-electron chi connectivity index (χ2n) is 4.81. The maximum absolute atomic E-state index is 11.8. The van der Waals surface area contributed by atoms with Crippen molar-refractivity contribution < 1.29 is 9.53 Å². The molecule has 106 valence electrons. The summed E-state index contributed by atoms with van der Waals surface area (Å²) in [4.78, 5) is 13.4. The quantitative estimate of drug-likeness (QED) is 0.856. The second kappa shape index (κ2) is 7.14. The monoisotopic (exact) mass is 264 g/mol. The molecule has 0 aliphatic rings. The molecule has 19 heavy (non-hydrogen) atoms. The summed E-state index contributed by atoms with van der Waals surface area (Å²) >= 11 is 0. The zero-order chi connectivity index (χ0) is 14.4. The van der Waals surface area contributed by atoms with Crippen LogP contribution in [0.15, 0.2) is 24.3 Å². The Labute approximate surface area is 115 Å². The lowest BCUT2D eigenvalue weighted by Crippen LogP contribution is -2.35. The minimum absolute atomic E-state index is 0.0362. The van der Waals surface area contributed by atoms with E-state index in [0.29, 0.717) is 0 Å². The number of nitrogens with one attached hydrogen (secondary N) is 1. The van der Waals surface area contributed by atoms with Crippen LogP contribution in [0.3, 0.4) is 0 Å². The first-order valence-electron chi connectivity index (χ1n) is 6.67. The molecule has 0 fully saturated rings. The average Bonchev–Trinajstić information content (AvgIpc) is 2.38. The van der Waals surface area contributed by atoms with Gasteiger partial charge in [-0.15, -0.1) is 0 Å². The van der Waals surface area contributed by atoms with E-state index in [4.69, 9.17) is 4.74 Å². The van der Waals surface area contributed by atoms with E-state index in [9.17, 15) is 4.79 Å². The molecule has 0 aliphatic heterocycles. The third-order valence-electron chi connectivity index (χ3n) is 2.99. The number of carbonyl (C=O) groups is 1. The lowest BCUT2D eigenvalue weighted by molar-refractivity contribution is -0.135. The van der Waals surface area contributed by atoms with Crippen LogP contribution in [0.4, 0.5) is 0 Å². The van der Waals surface area contributed by atoms with Gasteiger partial charge in [0.15, 0.2) is 6.10 Å². The molecule has 4 nitrogen and oxygen atoms in total. The minimum Gasteiger partial charge on any atom is -0.481 e. The molecule has 0 spiro atoms. The van der Waals surface area contributed by atoms with Gasteiger partial charge in [-0.2, -0.15) is 0 Å². The van der Waals surface area contributed by atoms with Gasteiger partial charge in [-0.3, -0.25) is 4.79 Å². The predicted octanol–water partition coefficient (Wildman–Crippen LogP) is 2.21. The maximum atomic E-state index is 11.8. The van der Waals surface area contributed by atoms with E-state index >= 15 is 0 Å². The molecule has 0 saturated carbocycles. The Morgan fingerprint density at radius 3 is 2.53 bits per heavy atom.